The van der Waals surface area contributed by atoms with Crippen LogP contribution in [0.5, 0.6) is 0 Å². The first-order valence-corrected chi connectivity index (χ1v) is 8.57. The van der Waals surface area contributed by atoms with Crippen molar-refractivity contribution in [2.24, 2.45) is 5.92 Å². The van der Waals surface area contributed by atoms with Crippen LogP contribution in [-0.2, 0) is 26.0 Å². The minimum Gasteiger partial charge on any atom is -0.480 e. The van der Waals surface area contributed by atoms with Crippen molar-refractivity contribution >= 4 is 16.0 Å². The van der Waals surface area contributed by atoms with Gasteiger partial charge in [0.1, 0.15) is 6.04 Å². The predicted molar refractivity (Wildman–Crippen MR) is 83.2 cm³/mol. The number of carboxylic acids is 1. The Kier molecular flexibility index (Phi) is 6.99. The molecule has 0 aliphatic rings. The Morgan fingerprint density at radius 1 is 1.27 bits per heavy atom. The Morgan fingerprint density at radius 2 is 1.86 bits per heavy atom. The Balaban J connectivity index is 2.86. The molecule has 0 unspecified atom stereocenters. The standard InChI is InChI=1S/C15H23NO5S/c1-11(2)10-14(15(17)18)16-22(19,20)13-6-4-12(5-7-13)8-9-21-3/h4-7,11,14,16H,8-10H2,1-3H3,(H,17,18)/t14-/m0/s1. The van der Waals surface area contributed by atoms with Gasteiger partial charge in [0.2, 0.25) is 10.0 Å². The van der Waals surface area contributed by atoms with E-state index in [0.29, 0.717) is 13.0 Å². The van der Waals surface area contributed by atoms with Gasteiger partial charge in [0.25, 0.3) is 0 Å². The number of aliphatic carboxylic acids is 1. The van der Waals surface area contributed by atoms with Crippen molar-refractivity contribution in [3.05, 3.63) is 29.8 Å². The zero-order valence-electron chi connectivity index (χ0n) is 13.1. The average molecular weight is 329 g/mol. The van der Waals surface area contributed by atoms with Crippen molar-refractivity contribution in [3.8, 4) is 0 Å². The molecular weight excluding hydrogens is 306 g/mol. The topological polar surface area (TPSA) is 92.7 Å². The van der Waals surface area contributed by atoms with Crippen LogP contribution < -0.4 is 4.72 Å². The van der Waals surface area contributed by atoms with Gasteiger partial charge in [0.15, 0.2) is 0 Å². The first kappa shape index (κ1) is 18.6. The van der Waals surface area contributed by atoms with Gasteiger partial charge in [-0.1, -0.05) is 26.0 Å². The van der Waals surface area contributed by atoms with Crippen LogP contribution >= 0.6 is 0 Å². The fourth-order valence-corrected chi connectivity index (χ4v) is 3.18. The summed E-state index contributed by atoms with van der Waals surface area (Å²) in [6, 6.07) is 5.22. The molecule has 1 rings (SSSR count). The summed E-state index contributed by atoms with van der Waals surface area (Å²) < 4.78 is 31.7. The van der Waals surface area contributed by atoms with Crippen LogP contribution in [0.1, 0.15) is 25.8 Å². The van der Waals surface area contributed by atoms with Crippen LogP contribution in [0.4, 0.5) is 0 Å². The molecule has 0 saturated carbocycles. The third kappa shape index (κ3) is 5.75. The highest BCUT2D eigenvalue weighted by Crippen LogP contribution is 2.14. The number of methoxy groups -OCH3 is 1. The number of benzene rings is 1. The fourth-order valence-electron chi connectivity index (χ4n) is 1.98. The number of rotatable bonds is 9. The molecule has 0 aromatic heterocycles. The van der Waals surface area contributed by atoms with Gasteiger partial charge in [0, 0.05) is 7.11 Å². The molecule has 0 spiro atoms. The minimum atomic E-state index is -3.85. The second-order valence-electron chi connectivity index (χ2n) is 5.53. The van der Waals surface area contributed by atoms with E-state index in [1.807, 2.05) is 13.8 Å². The number of hydrogen-bond acceptors (Lipinski definition) is 4. The van der Waals surface area contributed by atoms with Crippen molar-refractivity contribution < 1.29 is 23.1 Å². The normalized spacial score (nSPS) is 13.3. The van der Waals surface area contributed by atoms with E-state index < -0.39 is 22.0 Å². The minimum absolute atomic E-state index is 0.0590. The van der Waals surface area contributed by atoms with Gasteiger partial charge >= 0.3 is 5.97 Å². The maximum Gasteiger partial charge on any atom is 0.321 e. The van der Waals surface area contributed by atoms with Crippen LogP contribution in [0.15, 0.2) is 29.2 Å². The zero-order chi connectivity index (χ0) is 16.8. The lowest BCUT2D eigenvalue weighted by Gasteiger charge is -2.16. The number of sulfonamides is 1. The smallest absolute Gasteiger partial charge is 0.321 e. The van der Waals surface area contributed by atoms with Gasteiger partial charge in [-0.3, -0.25) is 4.79 Å². The van der Waals surface area contributed by atoms with E-state index in [0.717, 1.165) is 5.56 Å². The molecule has 0 radical (unpaired) electrons. The third-order valence-electron chi connectivity index (χ3n) is 3.13. The van der Waals surface area contributed by atoms with E-state index >= 15 is 0 Å². The number of nitrogens with one attached hydrogen (secondary N) is 1. The molecule has 0 saturated heterocycles. The first-order chi connectivity index (χ1) is 10.3. The average Bonchev–Trinajstić information content (AvgIpc) is 2.44. The van der Waals surface area contributed by atoms with Gasteiger partial charge < -0.3 is 9.84 Å². The summed E-state index contributed by atoms with van der Waals surface area (Å²) in [5.41, 5.74) is 0.956. The number of hydrogen-bond donors (Lipinski definition) is 2. The van der Waals surface area contributed by atoms with E-state index in [1.165, 1.54) is 12.1 Å². The molecule has 6 nitrogen and oxygen atoms in total. The molecule has 124 valence electrons. The summed E-state index contributed by atoms with van der Waals surface area (Å²) in [6.07, 6.45) is 0.926. The van der Waals surface area contributed by atoms with Crippen LogP contribution in [0.25, 0.3) is 0 Å². The predicted octanol–water partition coefficient (Wildman–Crippen LogP) is 1.65. The van der Waals surface area contributed by atoms with Crippen molar-refractivity contribution in [3.63, 3.8) is 0 Å². The van der Waals surface area contributed by atoms with Gasteiger partial charge in [0.05, 0.1) is 11.5 Å². The molecule has 0 bridgehead atoms. The molecule has 1 atom stereocenters. The van der Waals surface area contributed by atoms with Gasteiger partial charge in [-0.25, -0.2) is 8.42 Å². The summed E-state index contributed by atoms with van der Waals surface area (Å²) >= 11 is 0. The SMILES string of the molecule is COCCc1ccc(S(=O)(=O)N[C@@H](CC(C)C)C(=O)O)cc1. The Morgan fingerprint density at radius 3 is 2.32 bits per heavy atom. The molecule has 22 heavy (non-hydrogen) atoms. The van der Waals surface area contributed by atoms with Crippen LogP contribution in [-0.4, -0.2) is 39.3 Å². The van der Waals surface area contributed by atoms with Crippen molar-refractivity contribution in [2.75, 3.05) is 13.7 Å². The maximum atomic E-state index is 12.3. The summed E-state index contributed by atoms with van der Waals surface area (Å²) in [5, 5.41) is 9.13. The summed E-state index contributed by atoms with van der Waals surface area (Å²) in [6.45, 7) is 4.24. The maximum absolute atomic E-state index is 12.3. The number of ether oxygens (including phenoxy) is 1. The van der Waals surface area contributed by atoms with E-state index in [-0.39, 0.29) is 17.2 Å². The summed E-state index contributed by atoms with van der Waals surface area (Å²) in [7, 11) is -2.25. The van der Waals surface area contributed by atoms with Crippen molar-refractivity contribution in [1.29, 1.82) is 0 Å². The van der Waals surface area contributed by atoms with Crippen LogP contribution in [0.2, 0.25) is 0 Å². The van der Waals surface area contributed by atoms with E-state index in [1.54, 1.807) is 19.2 Å². The van der Waals surface area contributed by atoms with E-state index in [2.05, 4.69) is 4.72 Å². The molecule has 7 heteroatoms. The van der Waals surface area contributed by atoms with Gasteiger partial charge in [-0.15, -0.1) is 0 Å². The highest BCUT2D eigenvalue weighted by Gasteiger charge is 2.25. The number of carboxylic acid groups (broad SMARTS) is 1. The molecule has 0 fully saturated rings. The lowest BCUT2D eigenvalue weighted by molar-refractivity contribution is -0.139. The van der Waals surface area contributed by atoms with Gasteiger partial charge in [-0.05, 0) is 36.5 Å². The quantitative estimate of drug-likeness (QED) is 0.718. The molecule has 2 N–H and O–H groups in total. The molecule has 0 amide bonds. The second kappa shape index (κ2) is 8.26. The molecule has 0 aliphatic heterocycles. The van der Waals surface area contributed by atoms with Crippen LogP contribution in [0, 0.1) is 5.92 Å². The highest BCUT2D eigenvalue weighted by atomic mass is 32.2. The number of carbonyl (C=O) groups is 1. The monoisotopic (exact) mass is 329 g/mol. The Labute approximate surface area is 131 Å². The summed E-state index contributed by atoms with van der Waals surface area (Å²) in [4.78, 5) is 11.2. The zero-order valence-corrected chi connectivity index (χ0v) is 13.9. The van der Waals surface area contributed by atoms with E-state index in [4.69, 9.17) is 9.84 Å². The molecular formula is C15H23NO5S. The second-order valence-corrected chi connectivity index (χ2v) is 7.24. The fraction of sp³-hybridized carbons (Fsp3) is 0.533. The van der Waals surface area contributed by atoms with Gasteiger partial charge in [-0.2, -0.15) is 4.72 Å². The Hall–Kier alpha value is -1.44. The third-order valence-corrected chi connectivity index (χ3v) is 4.62. The molecule has 0 heterocycles. The lowest BCUT2D eigenvalue weighted by Crippen LogP contribution is -2.41. The first-order valence-electron chi connectivity index (χ1n) is 7.09. The highest BCUT2D eigenvalue weighted by molar-refractivity contribution is 7.89. The Bertz CT molecular complexity index is 580. The van der Waals surface area contributed by atoms with Crippen molar-refractivity contribution in [1.82, 2.24) is 4.72 Å². The summed E-state index contributed by atoms with van der Waals surface area (Å²) in [5.74, 6) is -1.10. The lowest BCUT2D eigenvalue weighted by atomic mass is 10.1. The molecule has 1 aromatic carbocycles. The van der Waals surface area contributed by atoms with Crippen LogP contribution in [0.3, 0.4) is 0 Å². The largest absolute Gasteiger partial charge is 0.480 e. The van der Waals surface area contributed by atoms with Crippen molar-refractivity contribution in [2.45, 2.75) is 37.6 Å². The molecule has 1 aromatic rings. The van der Waals surface area contributed by atoms with E-state index in [9.17, 15) is 13.2 Å². The molecule has 0 aliphatic carbocycles.